The van der Waals surface area contributed by atoms with Crippen molar-refractivity contribution in [3.63, 3.8) is 0 Å². The third-order valence-corrected chi connectivity index (χ3v) is 3.06. The Labute approximate surface area is 99.8 Å². The molecule has 0 saturated heterocycles. The predicted molar refractivity (Wildman–Crippen MR) is 59.1 cm³/mol. The quantitative estimate of drug-likeness (QED) is 0.544. The maximum atomic E-state index is 11.8. The van der Waals surface area contributed by atoms with E-state index in [1.165, 1.54) is 21.1 Å². The van der Waals surface area contributed by atoms with Gasteiger partial charge >= 0.3 is 11.9 Å². The number of hydrogen-bond donors (Lipinski definition) is 0. The van der Waals surface area contributed by atoms with Crippen LogP contribution in [0, 0.1) is 5.41 Å². The molecular weight excluding hydrogens is 224 g/mol. The summed E-state index contributed by atoms with van der Waals surface area (Å²) < 4.78 is 9.33. The lowest BCUT2D eigenvalue weighted by molar-refractivity contribution is -0.170. The zero-order valence-corrected chi connectivity index (χ0v) is 10.2. The van der Waals surface area contributed by atoms with Gasteiger partial charge in [0.15, 0.2) is 11.2 Å². The van der Waals surface area contributed by atoms with E-state index in [2.05, 4.69) is 9.47 Å². The molecule has 0 aromatic rings. The first-order valence-electron chi connectivity index (χ1n) is 5.34. The van der Waals surface area contributed by atoms with Crippen LogP contribution >= 0.6 is 0 Å². The van der Waals surface area contributed by atoms with Crippen LogP contribution in [-0.4, -0.2) is 31.9 Å². The maximum absolute atomic E-state index is 11.8. The van der Waals surface area contributed by atoms with Crippen molar-refractivity contribution in [2.75, 3.05) is 14.2 Å². The highest BCUT2D eigenvalue weighted by molar-refractivity contribution is 6.03. The molecule has 0 atom stereocenters. The Balaban J connectivity index is 3.10. The van der Waals surface area contributed by atoms with Crippen LogP contribution in [0.3, 0.4) is 0 Å². The average molecular weight is 240 g/mol. The van der Waals surface area contributed by atoms with Gasteiger partial charge in [-0.15, -0.1) is 0 Å². The third-order valence-electron chi connectivity index (χ3n) is 3.06. The lowest BCUT2D eigenvalue weighted by Gasteiger charge is -2.31. The van der Waals surface area contributed by atoms with Gasteiger partial charge in [0.25, 0.3) is 0 Å². The smallest absolute Gasteiger partial charge is 0.323 e. The van der Waals surface area contributed by atoms with E-state index >= 15 is 0 Å². The number of hydrogen-bond acceptors (Lipinski definition) is 5. The summed E-state index contributed by atoms with van der Waals surface area (Å²) >= 11 is 0. The largest absolute Gasteiger partial charge is 0.468 e. The Morgan fingerprint density at radius 3 is 2.12 bits per heavy atom. The van der Waals surface area contributed by atoms with Gasteiger partial charge in [-0.1, -0.05) is 6.08 Å². The first kappa shape index (κ1) is 13.4. The van der Waals surface area contributed by atoms with Crippen LogP contribution in [0.15, 0.2) is 11.6 Å². The molecule has 0 amide bonds. The molecule has 0 unspecified atom stereocenters. The third kappa shape index (κ3) is 2.38. The van der Waals surface area contributed by atoms with E-state index in [1.54, 1.807) is 6.08 Å². The van der Waals surface area contributed by atoms with Gasteiger partial charge in [0.2, 0.25) is 0 Å². The molecule has 0 aromatic heterocycles. The number of rotatable bonds is 3. The van der Waals surface area contributed by atoms with Crippen LogP contribution in [0.5, 0.6) is 0 Å². The van der Waals surface area contributed by atoms with Gasteiger partial charge in [0.1, 0.15) is 0 Å². The van der Waals surface area contributed by atoms with Crippen LogP contribution in [0.2, 0.25) is 0 Å². The predicted octanol–water partition coefficient (Wildman–Crippen LogP) is 1.02. The molecule has 1 rings (SSSR count). The van der Waals surface area contributed by atoms with Crippen molar-refractivity contribution < 1.29 is 23.9 Å². The molecule has 0 aromatic carbocycles. The molecule has 0 saturated carbocycles. The van der Waals surface area contributed by atoms with Crippen molar-refractivity contribution in [2.45, 2.75) is 26.2 Å². The number of allylic oxidation sites excluding steroid dienone is 2. The number of carbonyl (C=O) groups is 3. The molecule has 1 aliphatic rings. The Kier molecular flexibility index (Phi) is 4.04. The molecule has 0 aliphatic heterocycles. The van der Waals surface area contributed by atoms with Gasteiger partial charge < -0.3 is 9.47 Å². The normalized spacial score (nSPS) is 17.9. The van der Waals surface area contributed by atoms with E-state index in [4.69, 9.17) is 0 Å². The fourth-order valence-electron chi connectivity index (χ4n) is 2.07. The number of Topliss-reactive ketones (excluding diaryl/α,β-unsaturated/α-hetero) is 1. The topological polar surface area (TPSA) is 69.7 Å². The molecule has 5 heteroatoms. The lowest BCUT2D eigenvalue weighted by atomic mass is 9.73. The van der Waals surface area contributed by atoms with Crippen LogP contribution in [0.25, 0.3) is 0 Å². The summed E-state index contributed by atoms with van der Waals surface area (Å²) in [4.78, 5) is 34.9. The van der Waals surface area contributed by atoms with E-state index in [9.17, 15) is 14.4 Å². The Hall–Kier alpha value is -1.65. The van der Waals surface area contributed by atoms with Crippen LogP contribution < -0.4 is 0 Å². The number of ether oxygens (including phenoxy) is 2. The fraction of sp³-hybridized carbons (Fsp3) is 0.583. The van der Waals surface area contributed by atoms with Crippen molar-refractivity contribution in [1.82, 2.24) is 0 Å². The summed E-state index contributed by atoms with van der Waals surface area (Å²) in [6, 6.07) is 0. The van der Waals surface area contributed by atoms with E-state index in [0.717, 1.165) is 0 Å². The molecule has 5 nitrogen and oxygen atoms in total. The zero-order chi connectivity index (χ0) is 13.1. The summed E-state index contributed by atoms with van der Waals surface area (Å²) in [6.45, 7) is 1.41. The standard InChI is InChI=1S/C12H16O5/c1-8(13)9-5-4-6-12(7-9,10(14)16-2)11(15)17-3/h5H,4,6-7H2,1-3H3. The summed E-state index contributed by atoms with van der Waals surface area (Å²) in [7, 11) is 2.44. The highest BCUT2D eigenvalue weighted by Crippen LogP contribution is 2.38. The monoisotopic (exact) mass is 240 g/mol. The van der Waals surface area contributed by atoms with Crippen molar-refractivity contribution in [2.24, 2.45) is 5.41 Å². The highest BCUT2D eigenvalue weighted by Gasteiger charge is 2.50. The van der Waals surface area contributed by atoms with Gasteiger partial charge in [0.05, 0.1) is 14.2 Å². The second-order valence-electron chi connectivity index (χ2n) is 4.07. The van der Waals surface area contributed by atoms with Crippen molar-refractivity contribution >= 4 is 17.7 Å². The molecule has 0 N–H and O–H groups in total. The molecule has 1 aliphatic carbocycles. The van der Waals surface area contributed by atoms with Crippen LogP contribution in [0.1, 0.15) is 26.2 Å². The highest BCUT2D eigenvalue weighted by atomic mass is 16.5. The first-order valence-corrected chi connectivity index (χ1v) is 5.34. The number of esters is 2. The summed E-state index contributed by atoms with van der Waals surface area (Å²) in [5, 5.41) is 0. The first-order chi connectivity index (χ1) is 7.97. The van der Waals surface area contributed by atoms with Gasteiger partial charge in [-0.3, -0.25) is 14.4 Å². The van der Waals surface area contributed by atoms with Gasteiger partial charge in [-0.25, -0.2) is 0 Å². The molecule has 0 radical (unpaired) electrons. The second-order valence-corrected chi connectivity index (χ2v) is 4.07. The van der Waals surface area contributed by atoms with Crippen LogP contribution in [0.4, 0.5) is 0 Å². The van der Waals surface area contributed by atoms with Gasteiger partial charge in [-0.2, -0.15) is 0 Å². The number of ketones is 1. The Morgan fingerprint density at radius 1 is 1.18 bits per heavy atom. The molecular formula is C12H16O5. The van der Waals surface area contributed by atoms with E-state index < -0.39 is 17.4 Å². The molecule has 94 valence electrons. The number of methoxy groups -OCH3 is 2. The average Bonchev–Trinajstić information content (AvgIpc) is 2.36. The van der Waals surface area contributed by atoms with Gasteiger partial charge in [0, 0.05) is 6.42 Å². The SMILES string of the molecule is COC(=O)C1(C(=O)OC)CCC=C(C(C)=O)C1. The van der Waals surface area contributed by atoms with Gasteiger partial charge in [-0.05, 0) is 25.3 Å². The second kappa shape index (κ2) is 5.12. The molecule has 0 fully saturated rings. The Bertz CT molecular complexity index is 364. The van der Waals surface area contributed by atoms with Crippen molar-refractivity contribution in [3.05, 3.63) is 11.6 Å². The van der Waals surface area contributed by atoms with E-state index in [1.807, 2.05) is 0 Å². The van der Waals surface area contributed by atoms with Crippen LogP contribution in [-0.2, 0) is 23.9 Å². The van der Waals surface area contributed by atoms with E-state index in [-0.39, 0.29) is 12.2 Å². The zero-order valence-electron chi connectivity index (χ0n) is 10.2. The summed E-state index contributed by atoms with van der Waals surface area (Å²) in [5.41, 5.74) is -0.883. The fourth-order valence-corrected chi connectivity index (χ4v) is 2.07. The molecule has 0 heterocycles. The van der Waals surface area contributed by atoms with Crippen molar-refractivity contribution in [3.8, 4) is 0 Å². The minimum atomic E-state index is -1.36. The summed E-state index contributed by atoms with van der Waals surface area (Å²) in [5.74, 6) is -1.42. The van der Waals surface area contributed by atoms with E-state index in [0.29, 0.717) is 18.4 Å². The maximum Gasteiger partial charge on any atom is 0.323 e. The minimum Gasteiger partial charge on any atom is -0.468 e. The molecule has 17 heavy (non-hydrogen) atoms. The minimum absolute atomic E-state index is 0.0572. The molecule has 0 spiro atoms. The Morgan fingerprint density at radius 2 is 1.71 bits per heavy atom. The summed E-state index contributed by atoms with van der Waals surface area (Å²) in [6.07, 6.45) is 2.61. The molecule has 0 bridgehead atoms. The lowest BCUT2D eigenvalue weighted by Crippen LogP contribution is -2.43. The number of carbonyl (C=O) groups excluding carboxylic acids is 3. The van der Waals surface area contributed by atoms with Crippen molar-refractivity contribution in [1.29, 1.82) is 0 Å².